The Labute approximate surface area is 114 Å². The van der Waals surface area contributed by atoms with Crippen LogP contribution in [0.2, 0.25) is 5.02 Å². The molecule has 0 amide bonds. The average Bonchev–Trinajstić information content (AvgIpc) is 2.34. The van der Waals surface area contributed by atoms with Gasteiger partial charge in [-0.15, -0.1) is 0 Å². The summed E-state index contributed by atoms with van der Waals surface area (Å²) >= 11 is 6.24. The zero-order valence-corrected chi connectivity index (χ0v) is 11.9. The number of hydrogen-bond donors (Lipinski definition) is 1. The molecule has 100 valence electrons. The van der Waals surface area contributed by atoms with Crippen LogP contribution in [0.4, 0.5) is 0 Å². The van der Waals surface area contributed by atoms with Crippen molar-refractivity contribution in [2.45, 2.75) is 51.7 Å². The SMILES string of the molecule is CC1CCC(Oc2ccc([C@@H](C)N)cc2Cl)CC1. The molecule has 1 atom stereocenters. The Morgan fingerprint density at radius 2 is 1.94 bits per heavy atom. The molecule has 1 aromatic carbocycles. The summed E-state index contributed by atoms with van der Waals surface area (Å²) in [6.45, 7) is 4.26. The van der Waals surface area contributed by atoms with Crippen molar-refractivity contribution in [2.24, 2.45) is 11.7 Å². The molecule has 2 rings (SSSR count). The van der Waals surface area contributed by atoms with Gasteiger partial charge < -0.3 is 10.5 Å². The maximum absolute atomic E-state index is 6.24. The lowest BCUT2D eigenvalue weighted by Crippen LogP contribution is -2.23. The summed E-state index contributed by atoms with van der Waals surface area (Å²) in [5, 5.41) is 0.670. The first kappa shape index (κ1) is 13.7. The van der Waals surface area contributed by atoms with Gasteiger partial charge >= 0.3 is 0 Å². The highest BCUT2D eigenvalue weighted by Gasteiger charge is 2.20. The maximum atomic E-state index is 6.24. The fourth-order valence-electron chi connectivity index (χ4n) is 2.42. The lowest BCUT2D eigenvalue weighted by atomic mass is 9.89. The molecule has 2 nitrogen and oxygen atoms in total. The van der Waals surface area contributed by atoms with E-state index in [4.69, 9.17) is 22.1 Å². The van der Waals surface area contributed by atoms with Crippen molar-refractivity contribution in [3.05, 3.63) is 28.8 Å². The third-order valence-corrected chi connectivity index (χ3v) is 4.03. The molecule has 0 heterocycles. The van der Waals surface area contributed by atoms with E-state index < -0.39 is 0 Å². The van der Waals surface area contributed by atoms with Crippen LogP contribution in [0.25, 0.3) is 0 Å². The summed E-state index contributed by atoms with van der Waals surface area (Å²) in [4.78, 5) is 0. The normalized spacial score (nSPS) is 25.8. The molecule has 1 aliphatic carbocycles. The molecule has 2 N–H and O–H groups in total. The molecule has 0 radical (unpaired) electrons. The molecule has 1 aromatic rings. The Morgan fingerprint density at radius 3 is 2.50 bits per heavy atom. The van der Waals surface area contributed by atoms with E-state index in [0.717, 1.165) is 30.1 Å². The van der Waals surface area contributed by atoms with Crippen LogP contribution in [0.1, 0.15) is 51.1 Å². The minimum Gasteiger partial charge on any atom is -0.489 e. The van der Waals surface area contributed by atoms with Gasteiger partial charge in [-0.05, 0) is 56.2 Å². The van der Waals surface area contributed by atoms with Crippen molar-refractivity contribution < 1.29 is 4.74 Å². The predicted octanol–water partition coefficient (Wildman–Crippen LogP) is 4.32. The molecule has 1 fully saturated rings. The number of rotatable bonds is 3. The molecular weight excluding hydrogens is 246 g/mol. The van der Waals surface area contributed by atoms with Gasteiger partial charge in [-0.3, -0.25) is 0 Å². The minimum absolute atomic E-state index is 0.00656. The summed E-state index contributed by atoms with van der Waals surface area (Å²) in [5.74, 6) is 1.63. The molecule has 0 unspecified atom stereocenters. The smallest absolute Gasteiger partial charge is 0.138 e. The highest BCUT2D eigenvalue weighted by Crippen LogP contribution is 2.32. The molecule has 0 saturated heterocycles. The zero-order chi connectivity index (χ0) is 13.1. The van der Waals surface area contributed by atoms with Crippen molar-refractivity contribution in [1.29, 1.82) is 0 Å². The minimum atomic E-state index is 0.00656. The van der Waals surface area contributed by atoms with Gasteiger partial charge in [0.2, 0.25) is 0 Å². The van der Waals surface area contributed by atoms with Crippen LogP contribution in [0, 0.1) is 5.92 Å². The lowest BCUT2D eigenvalue weighted by molar-refractivity contribution is 0.135. The van der Waals surface area contributed by atoms with Crippen LogP contribution < -0.4 is 10.5 Å². The second-order valence-corrected chi connectivity index (χ2v) is 5.89. The van der Waals surface area contributed by atoms with Gasteiger partial charge in [0.25, 0.3) is 0 Å². The van der Waals surface area contributed by atoms with E-state index in [1.165, 1.54) is 12.8 Å². The summed E-state index contributed by atoms with van der Waals surface area (Å²) in [6.07, 6.45) is 5.08. The van der Waals surface area contributed by atoms with Gasteiger partial charge in [-0.25, -0.2) is 0 Å². The van der Waals surface area contributed by atoms with Gasteiger partial charge in [0.15, 0.2) is 0 Å². The van der Waals surface area contributed by atoms with Gasteiger partial charge in [-0.1, -0.05) is 24.6 Å². The van der Waals surface area contributed by atoms with Crippen LogP contribution in [0.5, 0.6) is 5.75 Å². The van der Waals surface area contributed by atoms with Crippen molar-refractivity contribution in [3.63, 3.8) is 0 Å². The third-order valence-electron chi connectivity index (χ3n) is 3.74. The Kier molecular flexibility index (Phi) is 4.52. The Hall–Kier alpha value is -0.730. The van der Waals surface area contributed by atoms with E-state index in [9.17, 15) is 0 Å². The molecule has 0 bridgehead atoms. The molecule has 0 spiro atoms. The maximum Gasteiger partial charge on any atom is 0.138 e. The van der Waals surface area contributed by atoms with E-state index in [-0.39, 0.29) is 6.04 Å². The summed E-state index contributed by atoms with van der Waals surface area (Å²) in [6, 6.07) is 5.86. The van der Waals surface area contributed by atoms with Crippen LogP contribution in [0.3, 0.4) is 0 Å². The topological polar surface area (TPSA) is 35.2 Å². The van der Waals surface area contributed by atoms with Crippen molar-refractivity contribution in [3.8, 4) is 5.75 Å². The second kappa shape index (κ2) is 5.94. The van der Waals surface area contributed by atoms with E-state index in [0.29, 0.717) is 11.1 Å². The standard InChI is InChI=1S/C15H22ClNO/c1-10-3-6-13(7-4-10)18-15-8-5-12(11(2)17)9-14(15)16/h5,8-11,13H,3-4,6-7,17H2,1-2H3/t10?,11-,13?/m1/s1. The largest absolute Gasteiger partial charge is 0.489 e. The molecular formula is C15H22ClNO. The fourth-order valence-corrected chi connectivity index (χ4v) is 2.66. The van der Waals surface area contributed by atoms with E-state index in [1.54, 1.807) is 0 Å². The first-order chi connectivity index (χ1) is 8.56. The number of nitrogens with two attached hydrogens (primary N) is 1. The molecule has 3 heteroatoms. The first-order valence-corrected chi connectivity index (χ1v) is 7.15. The fraction of sp³-hybridized carbons (Fsp3) is 0.600. The quantitative estimate of drug-likeness (QED) is 0.885. The molecule has 0 aliphatic heterocycles. The van der Waals surface area contributed by atoms with Crippen LogP contribution in [-0.4, -0.2) is 6.10 Å². The molecule has 0 aromatic heterocycles. The molecule has 1 aliphatic rings. The highest BCUT2D eigenvalue weighted by atomic mass is 35.5. The zero-order valence-electron chi connectivity index (χ0n) is 11.2. The average molecular weight is 268 g/mol. The van der Waals surface area contributed by atoms with E-state index >= 15 is 0 Å². The summed E-state index contributed by atoms with van der Waals surface area (Å²) < 4.78 is 6.00. The summed E-state index contributed by atoms with van der Waals surface area (Å²) in [5.41, 5.74) is 6.88. The van der Waals surface area contributed by atoms with Crippen molar-refractivity contribution in [1.82, 2.24) is 0 Å². The van der Waals surface area contributed by atoms with E-state index in [1.807, 2.05) is 25.1 Å². The Morgan fingerprint density at radius 1 is 1.28 bits per heavy atom. The monoisotopic (exact) mass is 267 g/mol. The van der Waals surface area contributed by atoms with Gasteiger partial charge in [0.1, 0.15) is 5.75 Å². The van der Waals surface area contributed by atoms with Crippen LogP contribution in [-0.2, 0) is 0 Å². The third kappa shape index (κ3) is 3.39. The lowest BCUT2D eigenvalue weighted by Gasteiger charge is -2.27. The number of hydrogen-bond acceptors (Lipinski definition) is 2. The van der Waals surface area contributed by atoms with Crippen molar-refractivity contribution in [2.75, 3.05) is 0 Å². The Balaban J connectivity index is 2.01. The van der Waals surface area contributed by atoms with Crippen LogP contribution >= 0.6 is 11.6 Å². The van der Waals surface area contributed by atoms with E-state index in [2.05, 4.69) is 6.92 Å². The van der Waals surface area contributed by atoms with Gasteiger partial charge in [0.05, 0.1) is 11.1 Å². The number of benzene rings is 1. The van der Waals surface area contributed by atoms with Gasteiger partial charge in [-0.2, -0.15) is 0 Å². The van der Waals surface area contributed by atoms with Crippen molar-refractivity contribution >= 4 is 11.6 Å². The molecule has 1 saturated carbocycles. The van der Waals surface area contributed by atoms with Gasteiger partial charge in [0, 0.05) is 6.04 Å². The molecule has 18 heavy (non-hydrogen) atoms. The first-order valence-electron chi connectivity index (χ1n) is 6.78. The number of ether oxygens (including phenoxy) is 1. The summed E-state index contributed by atoms with van der Waals surface area (Å²) in [7, 11) is 0. The highest BCUT2D eigenvalue weighted by molar-refractivity contribution is 6.32. The Bertz CT molecular complexity index is 397. The van der Waals surface area contributed by atoms with Crippen LogP contribution in [0.15, 0.2) is 18.2 Å². The number of halogens is 1. The second-order valence-electron chi connectivity index (χ2n) is 5.48. The predicted molar refractivity (Wildman–Crippen MR) is 76.1 cm³/mol.